The predicted molar refractivity (Wildman–Crippen MR) is 107 cm³/mol. The van der Waals surface area contributed by atoms with Crippen LogP contribution in [-0.4, -0.2) is 60.7 Å². The maximum absolute atomic E-state index is 13.2. The van der Waals surface area contributed by atoms with Gasteiger partial charge in [-0.2, -0.15) is 13.2 Å². The molecule has 1 atom stereocenters. The van der Waals surface area contributed by atoms with E-state index in [1.165, 1.54) is 0 Å². The second-order valence-electron chi connectivity index (χ2n) is 7.43. The molecule has 0 aliphatic carbocycles. The van der Waals surface area contributed by atoms with Crippen molar-refractivity contribution in [2.75, 3.05) is 46.3 Å². The number of nitrogens with one attached hydrogen (secondary N) is 1. The highest BCUT2D eigenvalue weighted by atomic mass is 19.4. The number of halogens is 3. The van der Waals surface area contributed by atoms with Crippen molar-refractivity contribution >= 4 is 0 Å². The lowest BCUT2D eigenvalue weighted by atomic mass is 10.1. The molecule has 29 heavy (non-hydrogen) atoms. The van der Waals surface area contributed by atoms with Crippen LogP contribution in [0, 0.1) is 0 Å². The molecule has 3 rings (SSSR count). The van der Waals surface area contributed by atoms with Crippen molar-refractivity contribution in [2.45, 2.75) is 18.8 Å². The third-order valence-electron chi connectivity index (χ3n) is 5.24. The Morgan fingerprint density at radius 3 is 2.38 bits per heavy atom. The maximum atomic E-state index is 13.2. The lowest BCUT2D eigenvalue weighted by Gasteiger charge is -2.32. The van der Waals surface area contributed by atoms with Gasteiger partial charge in [0.1, 0.15) is 6.17 Å². The number of piperazine rings is 1. The van der Waals surface area contributed by atoms with Crippen LogP contribution in [0.3, 0.4) is 0 Å². The summed E-state index contributed by atoms with van der Waals surface area (Å²) in [4.78, 5) is 17.0. The predicted octanol–water partition coefficient (Wildman–Crippen LogP) is 2.64. The van der Waals surface area contributed by atoms with E-state index in [1.54, 1.807) is 0 Å². The molecule has 0 bridgehead atoms. The Hall–Kier alpha value is -2.16. The first-order valence-electron chi connectivity index (χ1n) is 9.83. The van der Waals surface area contributed by atoms with Crippen molar-refractivity contribution in [1.82, 2.24) is 19.7 Å². The molecule has 0 radical (unpaired) electrons. The van der Waals surface area contributed by atoms with Crippen LogP contribution in [0.15, 0.2) is 53.5 Å². The van der Waals surface area contributed by atoms with Gasteiger partial charge in [-0.3, -0.25) is 14.7 Å². The van der Waals surface area contributed by atoms with Gasteiger partial charge in [0.15, 0.2) is 0 Å². The van der Waals surface area contributed by atoms with E-state index in [0.717, 1.165) is 67.6 Å². The second kappa shape index (κ2) is 9.56. The van der Waals surface area contributed by atoms with Crippen LogP contribution >= 0.6 is 0 Å². The van der Waals surface area contributed by atoms with Crippen molar-refractivity contribution in [3.05, 3.63) is 70.1 Å². The van der Waals surface area contributed by atoms with Crippen LogP contribution in [-0.2, 0) is 6.18 Å². The second-order valence-corrected chi connectivity index (χ2v) is 7.43. The monoisotopic (exact) mass is 408 g/mol. The molecule has 1 aliphatic rings. The van der Waals surface area contributed by atoms with Gasteiger partial charge in [0.2, 0.25) is 0 Å². The number of benzene rings is 1. The first-order valence-corrected chi connectivity index (χ1v) is 9.83. The van der Waals surface area contributed by atoms with Gasteiger partial charge < -0.3 is 9.80 Å². The number of hydrogen-bond acceptors (Lipinski definition) is 4. The fourth-order valence-electron chi connectivity index (χ4n) is 3.50. The summed E-state index contributed by atoms with van der Waals surface area (Å²) >= 11 is 0. The number of aromatic nitrogens is 1. The van der Waals surface area contributed by atoms with E-state index in [4.69, 9.17) is 0 Å². The van der Waals surface area contributed by atoms with Gasteiger partial charge in [-0.25, -0.2) is 0 Å². The van der Waals surface area contributed by atoms with Crippen LogP contribution in [0.4, 0.5) is 13.2 Å². The molecule has 158 valence electrons. The Morgan fingerprint density at radius 2 is 1.72 bits per heavy atom. The molecule has 1 aromatic carbocycles. The quantitative estimate of drug-likeness (QED) is 0.716. The fourth-order valence-corrected chi connectivity index (χ4v) is 3.50. The summed E-state index contributed by atoms with van der Waals surface area (Å²) in [5.74, 6) is 0. The molecular weight excluding hydrogens is 381 g/mol. The standard InChI is InChI=1S/C21H27F3N4O/c1-26-12-14-27(15-13-26)11-5-10-25-20(17-6-3-2-4-7-17)28-16-18(21(22,23)24)8-9-19(28)29/h2-4,6-9,16,20,25H,5,10-15H2,1H3. The zero-order valence-electron chi connectivity index (χ0n) is 16.5. The van der Waals surface area contributed by atoms with Crippen LogP contribution in [0.2, 0.25) is 0 Å². The minimum absolute atomic E-state index is 0.474. The van der Waals surface area contributed by atoms with Crippen LogP contribution in [0.25, 0.3) is 0 Å². The van der Waals surface area contributed by atoms with Crippen molar-refractivity contribution in [3.63, 3.8) is 0 Å². The van der Waals surface area contributed by atoms with E-state index in [0.29, 0.717) is 6.54 Å². The number of hydrogen-bond donors (Lipinski definition) is 1. The van der Waals surface area contributed by atoms with Crippen molar-refractivity contribution in [1.29, 1.82) is 0 Å². The van der Waals surface area contributed by atoms with Gasteiger partial charge in [-0.05, 0) is 38.2 Å². The van der Waals surface area contributed by atoms with E-state index in [1.807, 2.05) is 30.3 Å². The van der Waals surface area contributed by atoms with E-state index in [-0.39, 0.29) is 0 Å². The Kier molecular flexibility index (Phi) is 7.10. The minimum Gasteiger partial charge on any atom is -0.304 e. The smallest absolute Gasteiger partial charge is 0.304 e. The summed E-state index contributed by atoms with van der Waals surface area (Å²) < 4.78 is 40.6. The third-order valence-corrected chi connectivity index (χ3v) is 5.24. The highest BCUT2D eigenvalue weighted by Crippen LogP contribution is 2.29. The average Bonchev–Trinajstić information content (AvgIpc) is 2.70. The molecule has 1 N–H and O–H groups in total. The highest BCUT2D eigenvalue weighted by molar-refractivity contribution is 5.22. The number of nitrogens with zero attached hydrogens (tertiary/aromatic N) is 3. The molecule has 1 aromatic heterocycles. The van der Waals surface area contributed by atoms with E-state index >= 15 is 0 Å². The Bertz CT molecular complexity index is 830. The number of pyridine rings is 1. The molecule has 2 heterocycles. The van der Waals surface area contributed by atoms with Crippen LogP contribution in [0.5, 0.6) is 0 Å². The molecular formula is C21H27F3N4O. The normalized spacial score (nSPS) is 17.4. The zero-order chi connectivity index (χ0) is 20.9. The number of likely N-dealkylation sites (N-methyl/N-ethyl adjacent to an activating group) is 1. The first kappa shape index (κ1) is 21.5. The Labute approximate surface area is 168 Å². The number of rotatable bonds is 7. The summed E-state index contributed by atoms with van der Waals surface area (Å²) in [6, 6.07) is 10.9. The van der Waals surface area contributed by atoms with Gasteiger partial charge in [-0.1, -0.05) is 30.3 Å². The molecule has 1 aliphatic heterocycles. The molecule has 1 unspecified atom stereocenters. The van der Waals surface area contributed by atoms with Crippen LogP contribution < -0.4 is 10.9 Å². The maximum Gasteiger partial charge on any atom is 0.417 e. The summed E-state index contributed by atoms with van der Waals surface area (Å²) in [6.07, 6.45) is -3.41. The van der Waals surface area contributed by atoms with Crippen molar-refractivity contribution in [2.24, 2.45) is 0 Å². The van der Waals surface area contributed by atoms with Gasteiger partial charge in [0.25, 0.3) is 5.56 Å². The largest absolute Gasteiger partial charge is 0.417 e. The molecule has 8 heteroatoms. The molecule has 5 nitrogen and oxygen atoms in total. The van der Waals surface area contributed by atoms with Crippen LogP contribution in [0.1, 0.15) is 23.7 Å². The van der Waals surface area contributed by atoms with Gasteiger partial charge in [-0.15, -0.1) is 0 Å². The average molecular weight is 408 g/mol. The van der Waals surface area contributed by atoms with Gasteiger partial charge in [0, 0.05) is 38.4 Å². The SMILES string of the molecule is CN1CCN(CCCNC(c2ccccc2)n2cc(C(F)(F)F)ccc2=O)CC1. The topological polar surface area (TPSA) is 40.5 Å². The third kappa shape index (κ3) is 5.91. The lowest BCUT2D eigenvalue weighted by Crippen LogP contribution is -2.45. The highest BCUT2D eigenvalue weighted by Gasteiger charge is 2.31. The molecule has 2 aromatic rings. The fraction of sp³-hybridized carbons (Fsp3) is 0.476. The Morgan fingerprint density at radius 1 is 1.03 bits per heavy atom. The zero-order valence-corrected chi connectivity index (χ0v) is 16.5. The van der Waals surface area contributed by atoms with Gasteiger partial charge >= 0.3 is 6.18 Å². The first-order chi connectivity index (χ1) is 13.8. The Balaban J connectivity index is 1.72. The molecule has 1 saturated heterocycles. The summed E-state index contributed by atoms with van der Waals surface area (Å²) in [5.41, 5.74) is -0.566. The van der Waals surface area contributed by atoms with Crippen molar-refractivity contribution < 1.29 is 13.2 Å². The summed E-state index contributed by atoms with van der Waals surface area (Å²) in [6.45, 7) is 5.63. The number of alkyl halides is 3. The molecule has 0 spiro atoms. The van der Waals surface area contributed by atoms with E-state index in [9.17, 15) is 18.0 Å². The summed E-state index contributed by atoms with van der Waals surface area (Å²) in [7, 11) is 2.11. The van der Waals surface area contributed by atoms with Crippen molar-refractivity contribution in [3.8, 4) is 0 Å². The molecule has 0 saturated carbocycles. The molecule has 0 amide bonds. The summed E-state index contributed by atoms with van der Waals surface area (Å²) in [5, 5.41) is 3.28. The van der Waals surface area contributed by atoms with Gasteiger partial charge in [0.05, 0.1) is 5.56 Å². The lowest BCUT2D eigenvalue weighted by molar-refractivity contribution is -0.138. The molecule has 1 fully saturated rings. The van der Waals surface area contributed by atoms with E-state index in [2.05, 4.69) is 22.2 Å². The van der Waals surface area contributed by atoms with E-state index < -0.39 is 23.5 Å². The minimum atomic E-state index is -4.50.